The van der Waals surface area contributed by atoms with Crippen molar-refractivity contribution in [3.63, 3.8) is 0 Å². The lowest BCUT2D eigenvalue weighted by atomic mass is 10.1. The molecule has 0 spiro atoms. The van der Waals surface area contributed by atoms with E-state index in [1.807, 2.05) is 31.2 Å². The molecule has 1 aromatic rings. The summed E-state index contributed by atoms with van der Waals surface area (Å²) in [6, 6.07) is 7.58. The van der Waals surface area contributed by atoms with Gasteiger partial charge in [-0.05, 0) is 38.5 Å². The van der Waals surface area contributed by atoms with Crippen molar-refractivity contribution in [2.45, 2.75) is 32.4 Å². The summed E-state index contributed by atoms with van der Waals surface area (Å²) in [5, 5.41) is 12.3. The van der Waals surface area contributed by atoms with Crippen LogP contribution in [0.2, 0.25) is 0 Å². The maximum absolute atomic E-state index is 11.6. The third-order valence-electron chi connectivity index (χ3n) is 2.25. The first kappa shape index (κ1) is 13.2. The lowest BCUT2D eigenvalue weighted by Gasteiger charge is -2.21. The smallest absolute Gasteiger partial charge is 0.251 e. The van der Waals surface area contributed by atoms with Crippen LogP contribution in [0.1, 0.15) is 32.4 Å². The summed E-state index contributed by atoms with van der Waals surface area (Å²) in [6.45, 7) is 4.82. The van der Waals surface area contributed by atoms with Crippen LogP contribution in [0, 0.1) is 0 Å². The summed E-state index contributed by atoms with van der Waals surface area (Å²) >= 11 is 3.37. The Hall–Kier alpha value is -0.870. The van der Waals surface area contributed by atoms with Crippen LogP contribution in [-0.4, -0.2) is 16.6 Å². The van der Waals surface area contributed by atoms with Crippen LogP contribution in [0.25, 0.3) is 0 Å². The van der Waals surface area contributed by atoms with Crippen molar-refractivity contribution in [2.24, 2.45) is 0 Å². The topological polar surface area (TPSA) is 49.3 Å². The average molecular weight is 286 g/mol. The molecule has 0 fully saturated rings. The van der Waals surface area contributed by atoms with E-state index in [2.05, 4.69) is 21.2 Å². The van der Waals surface area contributed by atoms with E-state index in [0.29, 0.717) is 0 Å². The van der Waals surface area contributed by atoms with Crippen molar-refractivity contribution in [3.8, 4) is 0 Å². The van der Waals surface area contributed by atoms with Crippen LogP contribution in [0.15, 0.2) is 28.7 Å². The highest BCUT2D eigenvalue weighted by Gasteiger charge is 2.25. The Labute approximate surface area is 104 Å². The van der Waals surface area contributed by atoms with Gasteiger partial charge in [-0.2, -0.15) is 0 Å². The van der Waals surface area contributed by atoms with Gasteiger partial charge in [0, 0.05) is 4.47 Å². The number of hydrogen-bond acceptors (Lipinski definition) is 2. The predicted molar refractivity (Wildman–Crippen MR) is 67.0 cm³/mol. The van der Waals surface area contributed by atoms with E-state index in [0.717, 1.165) is 10.0 Å². The Bertz CT molecular complexity index is 385. The van der Waals surface area contributed by atoms with Gasteiger partial charge in [-0.1, -0.05) is 28.1 Å². The second kappa shape index (κ2) is 4.97. The lowest BCUT2D eigenvalue weighted by Crippen LogP contribution is -2.42. The number of amides is 1. The molecule has 0 saturated carbocycles. The SMILES string of the molecule is CC(NC(=O)C(C)(C)O)c1cccc(Br)c1. The van der Waals surface area contributed by atoms with Crippen molar-refractivity contribution < 1.29 is 9.90 Å². The molecule has 0 aliphatic rings. The zero-order valence-corrected chi connectivity index (χ0v) is 11.2. The first-order valence-electron chi connectivity index (χ1n) is 5.09. The molecule has 0 heterocycles. The predicted octanol–water partition coefficient (Wildman–Crippen LogP) is 2.40. The van der Waals surface area contributed by atoms with Gasteiger partial charge in [0.1, 0.15) is 5.60 Å². The fraction of sp³-hybridized carbons (Fsp3) is 0.417. The Balaban J connectivity index is 2.73. The second-order valence-electron chi connectivity index (χ2n) is 4.31. The molecule has 1 unspecified atom stereocenters. The van der Waals surface area contributed by atoms with Gasteiger partial charge in [-0.25, -0.2) is 0 Å². The number of rotatable bonds is 3. The third-order valence-corrected chi connectivity index (χ3v) is 2.75. The molecule has 1 amide bonds. The minimum atomic E-state index is -1.35. The maximum atomic E-state index is 11.6. The Morgan fingerprint density at radius 1 is 1.50 bits per heavy atom. The molecule has 0 aliphatic carbocycles. The quantitative estimate of drug-likeness (QED) is 0.896. The average Bonchev–Trinajstić information content (AvgIpc) is 2.16. The largest absolute Gasteiger partial charge is 0.381 e. The maximum Gasteiger partial charge on any atom is 0.251 e. The first-order chi connectivity index (χ1) is 7.30. The van der Waals surface area contributed by atoms with Crippen molar-refractivity contribution in [2.75, 3.05) is 0 Å². The van der Waals surface area contributed by atoms with Crippen LogP contribution >= 0.6 is 15.9 Å². The van der Waals surface area contributed by atoms with Crippen LogP contribution in [0.3, 0.4) is 0 Å². The van der Waals surface area contributed by atoms with Crippen LogP contribution in [0.4, 0.5) is 0 Å². The molecule has 0 radical (unpaired) electrons. The Morgan fingerprint density at radius 3 is 2.62 bits per heavy atom. The molecule has 0 aliphatic heterocycles. The van der Waals surface area contributed by atoms with E-state index in [1.54, 1.807) is 0 Å². The number of benzene rings is 1. The van der Waals surface area contributed by atoms with Crippen LogP contribution in [-0.2, 0) is 4.79 Å². The summed E-state index contributed by atoms with van der Waals surface area (Å²) in [7, 11) is 0. The lowest BCUT2D eigenvalue weighted by molar-refractivity contribution is -0.137. The summed E-state index contributed by atoms with van der Waals surface area (Å²) in [6.07, 6.45) is 0. The van der Waals surface area contributed by atoms with Crippen molar-refractivity contribution in [1.29, 1.82) is 0 Å². The number of nitrogens with one attached hydrogen (secondary N) is 1. The molecule has 2 N–H and O–H groups in total. The minimum absolute atomic E-state index is 0.128. The molecule has 16 heavy (non-hydrogen) atoms. The fourth-order valence-corrected chi connectivity index (χ4v) is 1.65. The summed E-state index contributed by atoms with van der Waals surface area (Å²) in [5.41, 5.74) is -0.354. The van der Waals surface area contributed by atoms with Gasteiger partial charge in [0.05, 0.1) is 6.04 Å². The van der Waals surface area contributed by atoms with Gasteiger partial charge < -0.3 is 10.4 Å². The Morgan fingerprint density at radius 2 is 2.12 bits per heavy atom. The molecule has 3 nitrogen and oxygen atoms in total. The molecule has 0 bridgehead atoms. The zero-order chi connectivity index (χ0) is 12.3. The van der Waals surface area contributed by atoms with E-state index in [4.69, 9.17) is 0 Å². The van der Waals surface area contributed by atoms with Gasteiger partial charge in [0.15, 0.2) is 0 Å². The summed E-state index contributed by atoms with van der Waals surface area (Å²) in [4.78, 5) is 11.6. The molecular formula is C12H16BrNO2. The van der Waals surface area contributed by atoms with Crippen molar-refractivity contribution in [1.82, 2.24) is 5.32 Å². The van der Waals surface area contributed by atoms with E-state index in [1.165, 1.54) is 13.8 Å². The van der Waals surface area contributed by atoms with Crippen LogP contribution < -0.4 is 5.32 Å². The Kier molecular flexibility index (Phi) is 4.10. The van der Waals surface area contributed by atoms with Gasteiger partial charge in [0.2, 0.25) is 0 Å². The highest BCUT2D eigenvalue weighted by Crippen LogP contribution is 2.18. The highest BCUT2D eigenvalue weighted by molar-refractivity contribution is 9.10. The monoisotopic (exact) mass is 285 g/mol. The second-order valence-corrected chi connectivity index (χ2v) is 5.22. The van der Waals surface area contributed by atoms with Gasteiger partial charge in [-0.15, -0.1) is 0 Å². The summed E-state index contributed by atoms with van der Waals surface area (Å²) in [5.74, 6) is -0.375. The zero-order valence-electron chi connectivity index (χ0n) is 9.62. The summed E-state index contributed by atoms with van der Waals surface area (Å²) < 4.78 is 0.967. The van der Waals surface area contributed by atoms with E-state index < -0.39 is 5.60 Å². The number of halogens is 1. The molecule has 0 aromatic heterocycles. The molecule has 1 rings (SSSR count). The number of aliphatic hydroxyl groups is 1. The van der Waals surface area contributed by atoms with E-state index >= 15 is 0 Å². The molecular weight excluding hydrogens is 270 g/mol. The van der Waals surface area contributed by atoms with Crippen molar-refractivity contribution in [3.05, 3.63) is 34.3 Å². The number of carbonyl (C=O) groups excluding carboxylic acids is 1. The number of carbonyl (C=O) groups is 1. The molecule has 0 saturated heterocycles. The van der Waals surface area contributed by atoms with Gasteiger partial charge in [-0.3, -0.25) is 4.79 Å². The first-order valence-corrected chi connectivity index (χ1v) is 5.89. The fourth-order valence-electron chi connectivity index (χ4n) is 1.23. The molecule has 4 heteroatoms. The number of hydrogen-bond donors (Lipinski definition) is 2. The van der Waals surface area contributed by atoms with Crippen molar-refractivity contribution >= 4 is 21.8 Å². The third kappa shape index (κ3) is 3.61. The van der Waals surface area contributed by atoms with E-state index in [9.17, 15) is 9.90 Å². The van der Waals surface area contributed by atoms with Gasteiger partial charge in [0.25, 0.3) is 5.91 Å². The standard InChI is InChI=1S/C12H16BrNO2/c1-8(14-11(15)12(2,3)16)9-5-4-6-10(13)7-9/h4-8,16H,1-3H3,(H,14,15). The molecule has 1 aromatic carbocycles. The minimum Gasteiger partial charge on any atom is -0.381 e. The highest BCUT2D eigenvalue weighted by atomic mass is 79.9. The molecule has 1 atom stereocenters. The van der Waals surface area contributed by atoms with E-state index in [-0.39, 0.29) is 11.9 Å². The molecule has 88 valence electrons. The normalized spacial score (nSPS) is 13.3. The van der Waals surface area contributed by atoms with Crippen LogP contribution in [0.5, 0.6) is 0 Å². The van der Waals surface area contributed by atoms with Gasteiger partial charge >= 0.3 is 0 Å².